The Morgan fingerprint density at radius 3 is 2.48 bits per heavy atom. The maximum absolute atomic E-state index is 12.9. The Morgan fingerprint density at radius 2 is 1.66 bits per heavy atom. The molecule has 1 N–H and O–H groups in total. The largest absolute Gasteiger partial charge is 0.483 e. The van der Waals surface area contributed by atoms with Crippen LogP contribution >= 0.6 is 0 Å². The Labute approximate surface area is 169 Å². The summed E-state index contributed by atoms with van der Waals surface area (Å²) in [6.07, 6.45) is 0.831. The van der Waals surface area contributed by atoms with E-state index in [0.29, 0.717) is 17.0 Å². The first-order valence-corrected chi connectivity index (χ1v) is 9.61. The van der Waals surface area contributed by atoms with E-state index in [4.69, 9.17) is 4.74 Å². The third kappa shape index (κ3) is 3.99. The Bertz CT molecular complexity index is 1030. The van der Waals surface area contributed by atoms with Crippen molar-refractivity contribution in [3.8, 4) is 5.75 Å². The van der Waals surface area contributed by atoms with Gasteiger partial charge in [0.25, 0.3) is 11.8 Å². The Balaban J connectivity index is 1.47. The number of anilines is 2. The lowest BCUT2D eigenvalue weighted by atomic mass is 10.1. The summed E-state index contributed by atoms with van der Waals surface area (Å²) < 4.78 is 5.78. The highest BCUT2D eigenvalue weighted by atomic mass is 16.5. The highest BCUT2D eigenvalue weighted by Gasteiger charge is 2.30. The molecule has 0 unspecified atom stereocenters. The van der Waals surface area contributed by atoms with Crippen molar-refractivity contribution >= 4 is 23.2 Å². The van der Waals surface area contributed by atoms with E-state index in [1.54, 1.807) is 29.2 Å². The molecule has 0 saturated heterocycles. The second-order valence-electron chi connectivity index (χ2n) is 7.05. The lowest BCUT2D eigenvalue weighted by Gasteiger charge is -2.23. The molecule has 2 amide bonds. The van der Waals surface area contributed by atoms with Crippen LogP contribution in [0.15, 0.2) is 78.9 Å². The molecule has 3 aromatic carbocycles. The Hall–Kier alpha value is -3.60. The second-order valence-corrected chi connectivity index (χ2v) is 7.05. The second kappa shape index (κ2) is 8.19. The maximum Gasteiger partial charge on any atom is 0.265 e. The number of benzene rings is 3. The molecule has 146 valence electrons. The van der Waals surface area contributed by atoms with E-state index in [9.17, 15) is 9.59 Å². The van der Waals surface area contributed by atoms with Crippen LogP contribution in [0.2, 0.25) is 0 Å². The summed E-state index contributed by atoms with van der Waals surface area (Å²) in [5.41, 5.74) is 3.18. The molecule has 0 spiro atoms. The summed E-state index contributed by atoms with van der Waals surface area (Å²) in [6, 6.07) is 24.2. The zero-order valence-corrected chi connectivity index (χ0v) is 16.2. The molecular weight excluding hydrogens is 364 g/mol. The number of hydrogen-bond acceptors (Lipinski definition) is 3. The average Bonchev–Trinajstić information content (AvgIpc) is 3.08. The number of nitrogens with one attached hydrogen (secondary N) is 1. The van der Waals surface area contributed by atoms with Crippen molar-refractivity contribution in [3.63, 3.8) is 0 Å². The number of rotatable bonds is 5. The van der Waals surface area contributed by atoms with E-state index in [1.165, 1.54) is 0 Å². The van der Waals surface area contributed by atoms with Gasteiger partial charge >= 0.3 is 0 Å². The molecule has 29 heavy (non-hydrogen) atoms. The summed E-state index contributed by atoms with van der Waals surface area (Å²) >= 11 is 0. The normalized spacial score (nSPS) is 14.9. The number of fused-ring (bicyclic) bond motifs is 1. The minimum absolute atomic E-state index is 0.0834. The molecule has 0 fully saturated rings. The van der Waals surface area contributed by atoms with E-state index in [1.807, 2.05) is 61.5 Å². The number of carbonyl (C=O) groups is 2. The first-order chi connectivity index (χ1) is 14.1. The fourth-order valence-electron chi connectivity index (χ4n) is 3.65. The van der Waals surface area contributed by atoms with Gasteiger partial charge in [-0.1, -0.05) is 48.5 Å². The van der Waals surface area contributed by atoms with Crippen LogP contribution in [0.4, 0.5) is 11.4 Å². The summed E-state index contributed by atoms with van der Waals surface area (Å²) in [5.74, 6) is -0.0192. The van der Waals surface area contributed by atoms with Crippen LogP contribution in [0.5, 0.6) is 5.75 Å². The van der Waals surface area contributed by atoms with Crippen molar-refractivity contribution in [1.29, 1.82) is 0 Å². The highest BCUT2D eigenvalue weighted by Crippen LogP contribution is 2.32. The summed E-state index contributed by atoms with van der Waals surface area (Å²) in [5, 5.41) is 2.85. The topological polar surface area (TPSA) is 58.6 Å². The SMILES string of the molecule is C[C@H]1Cc2ccccc2N1C(=O)COc1ccccc1C(=O)Nc1ccccc1. The van der Waals surface area contributed by atoms with Gasteiger partial charge in [-0.3, -0.25) is 9.59 Å². The fraction of sp³-hybridized carbons (Fsp3) is 0.167. The molecule has 4 rings (SSSR count). The van der Waals surface area contributed by atoms with Crippen LogP contribution in [0.25, 0.3) is 0 Å². The first kappa shape index (κ1) is 18.7. The Morgan fingerprint density at radius 1 is 0.966 bits per heavy atom. The molecular formula is C24H22N2O3. The van der Waals surface area contributed by atoms with E-state index >= 15 is 0 Å². The zero-order valence-electron chi connectivity index (χ0n) is 16.2. The monoisotopic (exact) mass is 386 g/mol. The number of amides is 2. The fourth-order valence-corrected chi connectivity index (χ4v) is 3.65. The molecule has 0 radical (unpaired) electrons. The van der Waals surface area contributed by atoms with Gasteiger partial charge in [-0.05, 0) is 49.2 Å². The first-order valence-electron chi connectivity index (χ1n) is 9.61. The summed E-state index contributed by atoms with van der Waals surface area (Å²) in [7, 11) is 0. The van der Waals surface area contributed by atoms with E-state index in [-0.39, 0.29) is 24.5 Å². The third-order valence-electron chi connectivity index (χ3n) is 4.99. The van der Waals surface area contributed by atoms with Crippen LogP contribution in [0.1, 0.15) is 22.8 Å². The van der Waals surface area contributed by atoms with Crippen molar-refractivity contribution in [2.24, 2.45) is 0 Å². The number of hydrogen-bond donors (Lipinski definition) is 1. The van der Waals surface area contributed by atoms with Gasteiger partial charge in [0.2, 0.25) is 0 Å². The van der Waals surface area contributed by atoms with Crippen LogP contribution in [0.3, 0.4) is 0 Å². The quantitative estimate of drug-likeness (QED) is 0.711. The van der Waals surface area contributed by atoms with E-state index in [0.717, 1.165) is 17.7 Å². The maximum atomic E-state index is 12.9. The van der Waals surface area contributed by atoms with Crippen LogP contribution in [0, 0.1) is 0 Å². The Kier molecular flexibility index (Phi) is 5.29. The van der Waals surface area contributed by atoms with Crippen LogP contribution in [-0.2, 0) is 11.2 Å². The van der Waals surface area contributed by atoms with Crippen LogP contribution < -0.4 is 15.0 Å². The van der Waals surface area contributed by atoms with E-state index in [2.05, 4.69) is 5.32 Å². The number of carbonyl (C=O) groups excluding carboxylic acids is 2. The van der Waals surface area contributed by atoms with Gasteiger partial charge in [0.05, 0.1) is 5.56 Å². The predicted octanol–water partition coefficient (Wildman–Crippen LogP) is 4.30. The average molecular weight is 386 g/mol. The van der Waals surface area contributed by atoms with Gasteiger partial charge in [-0.25, -0.2) is 0 Å². The molecule has 1 aliphatic rings. The highest BCUT2D eigenvalue weighted by molar-refractivity contribution is 6.06. The minimum Gasteiger partial charge on any atom is -0.483 e. The standard InChI is InChI=1S/C24H22N2O3/c1-17-15-18-9-5-7-13-21(18)26(17)23(27)16-29-22-14-8-6-12-20(22)24(28)25-19-10-3-2-4-11-19/h2-14,17H,15-16H2,1H3,(H,25,28)/t17-/m0/s1. The van der Waals surface area contributed by atoms with Crippen molar-refractivity contribution in [3.05, 3.63) is 90.0 Å². The predicted molar refractivity (Wildman–Crippen MR) is 113 cm³/mol. The molecule has 0 bridgehead atoms. The summed E-state index contributed by atoms with van der Waals surface area (Å²) in [6.45, 7) is 1.90. The summed E-state index contributed by atoms with van der Waals surface area (Å²) in [4.78, 5) is 27.3. The lowest BCUT2D eigenvalue weighted by Crippen LogP contribution is -2.39. The molecule has 3 aromatic rings. The number of nitrogens with zero attached hydrogens (tertiary/aromatic N) is 1. The minimum atomic E-state index is -0.279. The van der Waals surface area contributed by atoms with Gasteiger partial charge in [-0.2, -0.15) is 0 Å². The molecule has 5 nitrogen and oxygen atoms in total. The molecule has 1 aliphatic heterocycles. The molecule has 1 atom stereocenters. The van der Waals surface area contributed by atoms with Gasteiger partial charge < -0.3 is 15.0 Å². The van der Waals surface area contributed by atoms with E-state index < -0.39 is 0 Å². The van der Waals surface area contributed by atoms with Gasteiger partial charge in [0.1, 0.15) is 5.75 Å². The molecule has 0 aliphatic carbocycles. The van der Waals surface area contributed by atoms with Gasteiger partial charge in [0.15, 0.2) is 6.61 Å². The molecule has 5 heteroatoms. The molecule has 0 saturated carbocycles. The number of para-hydroxylation sites is 3. The van der Waals surface area contributed by atoms with Crippen molar-refractivity contribution in [2.75, 3.05) is 16.8 Å². The smallest absolute Gasteiger partial charge is 0.265 e. The zero-order chi connectivity index (χ0) is 20.2. The molecule has 1 heterocycles. The third-order valence-corrected chi connectivity index (χ3v) is 4.99. The molecule has 0 aromatic heterocycles. The van der Waals surface area contributed by atoms with Gasteiger partial charge in [-0.15, -0.1) is 0 Å². The number of ether oxygens (including phenoxy) is 1. The lowest BCUT2D eigenvalue weighted by molar-refractivity contribution is -0.120. The van der Waals surface area contributed by atoms with Crippen LogP contribution in [-0.4, -0.2) is 24.5 Å². The van der Waals surface area contributed by atoms with Crippen molar-refractivity contribution in [2.45, 2.75) is 19.4 Å². The van der Waals surface area contributed by atoms with Crippen molar-refractivity contribution in [1.82, 2.24) is 0 Å². The van der Waals surface area contributed by atoms with Crippen molar-refractivity contribution < 1.29 is 14.3 Å². The van der Waals surface area contributed by atoms with Gasteiger partial charge in [0, 0.05) is 17.4 Å².